The minimum absolute atomic E-state index is 0.0490. The van der Waals surface area contributed by atoms with Crippen molar-refractivity contribution in [1.82, 2.24) is 0 Å². The van der Waals surface area contributed by atoms with Gasteiger partial charge in [-0.1, -0.05) is 6.07 Å². The Morgan fingerprint density at radius 3 is 2.88 bits per heavy atom. The second kappa shape index (κ2) is 5.94. The number of hydrogen-bond donors (Lipinski definition) is 2. The number of aliphatic imine (C=N–C) groups is 1. The van der Waals surface area contributed by atoms with Crippen molar-refractivity contribution in [3.05, 3.63) is 45.9 Å². The number of ether oxygens (including phenoxy) is 2. The Labute approximate surface area is 144 Å². The molecular formula is C16H12BrF2N3O2. The van der Waals surface area contributed by atoms with Crippen LogP contribution in [0.15, 0.2) is 33.7 Å². The van der Waals surface area contributed by atoms with Gasteiger partial charge in [-0.15, -0.1) is 0 Å². The van der Waals surface area contributed by atoms with Crippen molar-refractivity contribution >= 4 is 33.1 Å². The van der Waals surface area contributed by atoms with Crippen molar-refractivity contribution in [3.63, 3.8) is 0 Å². The monoisotopic (exact) mass is 395 g/mol. The van der Waals surface area contributed by atoms with Gasteiger partial charge in [0, 0.05) is 6.07 Å². The molecule has 5 nitrogen and oxygen atoms in total. The molecule has 0 radical (unpaired) electrons. The molecule has 2 aromatic rings. The fourth-order valence-electron chi connectivity index (χ4n) is 2.63. The van der Waals surface area contributed by atoms with Gasteiger partial charge >= 0.3 is 0 Å². The van der Waals surface area contributed by atoms with Gasteiger partial charge in [0.15, 0.2) is 23.1 Å². The third kappa shape index (κ3) is 2.47. The minimum atomic E-state index is -0.587. The van der Waals surface area contributed by atoms with Crippen LogP contribution in [0.1, 0.15) is 5.56 Å². The van der Waals surface area contributed by atoms with Gasteiger partial charge in [0.25, 0.3) is 0 Å². The lowest BCUT2D eigenvalue weighted by Crippen LogP contribution is -2.26. The molecule has 8 heteroatoms. The van der Waals surface area contributed by atoms with Crippen molar-refractivity contribution in [3.8, 4) is 11.5 Å². The van der Waals surface area contributed by atoms with Crippen LogP contribution >= 0.6 is 15.9 Å². The molecule has 2 aliphatic heterocycles. The molecule has 124 valence electrons. The molecular weight excluding hydrogens is 384 g/mol. The molecule has 0 aliphatic carbocycles. The number of nitrogens with one attached hydrogen (secondary N) is 2. The third-order valence-electron chi connectivity index (χ3n) is 3.72. The van der Waals surface area contributed by atoms with Crippen LogP contribution in [0.2, 0.25) is 0 Å². The van der Waals surface area contributed by atoms with Crippen LogP contribution in [-0.4, -0.2) is 25.7 Å². The summed E-state index contributed by atoms with van der Waals surface area (Å²) in [5.74, 6) is -0.433. The highest BCUT2D eigenvalue weighted by atomic mass is 79.9. The van der Waals surface area contributed by atoms with E-state index >= 15 is 0 Å². The van der Waals surface area contributed by atoms with E-state index < -0.39 is 11.6 Å². The van der Waals surface area contributed by atoms with Crippen LogP contribution in [0.25, 0.3) is 0 Å². The normalized spacial score (nSPS) is 15.2. The van der Waals surface area contributed by atoms with Gasteiger partial charge in [-0.2, -0.15) is 0 Å². The van der Waals surface area contributed by atoms with E-state index in [4.69, 9.17) is 9.47 Å². The highest BCUT2D eigenvalue weighted by molar-refractivity contribution is 9.10. The average Bonchev–Trinajstić information content (AvgIpc) is 2.59. The molecule has 0 saturated heterocycles. The van der Waals surface area contributed by atoms with E-state index in [1.165, 1.54) is 0 Å². The molecule has 2 aromatic carbocycles. The topological polar surface area (TPSA) is 54.9 Å². The summed E-state index contributed by atoms with van der Waals surface area (Å²) in [4.78, 5) is 4.22. The lowest BCUT2D eigenvalue weighted by atomic mass is 10.1. The molecule has 0 atom stereocenters. The van der Waals surface area contributed by atoms with Gasteiger partial charge in [0.2, 0.25) is 0 Å². The van der Waals surface area contributed by atoms with Crippen molar-refractivity contribution < 1.29 is 18.3 Å². The summed E-state index contributed by atoms with van der Waals surface area (Å²) in [6, 6.07) is 6.49. The Morgan fingerprint density at radius 2 is 2.00 bits per heavy atom. The van der Waals surface area contributed by atoms with Crippen LogP contribution in [-0.2, 0) is 0 Å². The van der Waals surface area contributed by atoms with Crippen molar-refractivity contribution in [2.24, 2.45) is 4.99 Å². The van der Waals surface area contributed by atoms with E-state index in [0.717, 1.165) is 0 Å². The summed E-state index contributed by atoms with van der Waals surface area (Å²) in [6.45, 7) is 0.883. The van der Waals surface area contributed by atoms with Gasteiger partial charge in [0.1, 0.15) is 25.7 Å². The first-order chi connectivity index (χ1) is 11.6. The van der Waals surface area contributed by atoms with E-state index in [-0.39, 0.29) is 36.1 Å². The molecule has 0 fully saturated rings. The molecule has 0 amide bonds. The molecule has 4 rings (SSSR count). The number of anilines is 2. The molecule has 24 heavy (non-hydrogen) atoms. The molecule has 2 heterocycles. The highest BCUT2D eigenvalue weighted by Gasteiger charge is 2.28. The van der Waals surface area contributed by atoms with Crippen LogP contribution in [0.4, 0.5) is 20.2 Å². The number of rotatable bonds is 1. The zero-order valence-corrected chi connectivity index (χ0v) is 13.9. The molecule has 0 spiro atoms. The third-order valence-corrected chi connectivity index (χ3v) is 4.34. The van der Waals surface area contributed by atoms with E-state index in [0.29, 0.717) is 22.5 Å². The number of halogens is 3. The van der Waals surface area contributed by atoms with Gasteiger partial charge in [-0.3, -0.25) is 0 Å². The Bertz CT molecular complexity index is 858. The first kappa shape index (κ1) is 15.2. The summed E-state index contributed by atoms with van der Waals surface area (Å²) in [6.07, 6.45) is 0. The van der Waals surface area contributed by atoms with Crippen LogP contribution in [0, 0.1) is 11.6 Å². The summed E-state index contributed by atoms with van der Waals surface area (Å²) < 4.78 is 40.2. The van der Waals surface area contributed by atoms with Gasteiger partial charge in [0.05, 0.1) is 21.4 Å². The Balaban J connectivity index is 1.77. The zero-order chi connectivity index (χ0) is 16.7. The van der Waals surface area contributed by atoms with Gasteiger partial charge in [-0.25, -0.2) is 13.8 Å². The maximum atomic E-state index is 14.9. The standard InChI is InChI=1S/C16H12BrF2N3O2/c17-8-2-1-3-9(13(8)18)22-16-12-10(20-7-21-16)6-11-15(14(12)19)24-5-4-23-11/h1-3,6,20H,4-5,7H2,(H,21,22). The number of benzene rings is 2. The highest BCUT2D eigenvalue weighted by Crippen LogP contribution is 2.40. The molecule has 0 bridgehead atoms. The number of nitrogens with zero attached hydrogens (tertiary/aromatic N) is 1. The molecule has 0 unspecified atom stereocenters. The maximum absolute atomic E-state index is 14.9. The number of fused-ring (bicyclic) bond motifs is 2. The average molecular weight is 396 g/mol. The smallest absolute Gasteiger partial charge is 0.198 e. The predicted octanol–water partition coefficient (Wildman–Crippen LogP) is 3.74. The Kier molecular flexibility index (Phi) is 3.76. The SMILES string of the molecule is Fc1c(Br)cccc1NC1=NCNc2cc3c(c(F)c21)OCCO3. The second-order valence-electron chi connectivity index (χ2n) is 5.21. The molecule has 0 aromatic heterocycles. The van der Waals surface area contributed by atoms with Crippen LogP contribution < -0.4 is 20.1 Å². The number of amidine groups is 1. The van der Waals surface area contributed by atoms with Crippen molar-refractivity contribution in [1.29, 1.82) is 0 Å². The lowest BCUT2D eigenvalue weighted by molar-refractivity contribution is 0.164. The second-order valence-corrected chi connectivity index (χ2v) is 6.06. The minimum Gasteiger partial charge on any atom is -0.486 e. The summed E-state index contributed by atoms with van der Waals surface area (Å²) >= 11 is 3.13. The maximum Gasteiger partial charge on any atom is 0.198 e. The largest absolute Gasteiger partial charge is 0.486 e. The van der Waals surface area contributed by atoms with E-state index in [1.54, 1.807) is 24.3 Å². The first-order valence-corrected chi connectivity index (χ1v) is 8.06. The van der Waals surface area contributed by atoms with Crippen molar-refractivity contribution in [2.75, 3.05) is 30.5 Å². The predicted molar refractivity (Wildman–Crippen MR) is 90.1 cm³/mol. The molecule has 2 N–H and O–H groups in total. The van der Waals surface area contributed by atoms with E-state index in [9.17, 15) is 8.78 Å². The van der Waals surface area contributed by atoms with Crippen LogP contribution in [0.3, 0.4) is 0 Å². The zero-order valence-electron chi connectivity index (χ0n) is 12.3. The summed E-state index contributed by atoms with van der Waals surface area (Å²) in [5, 5.41) is 5.85. The quantitative estimate of drug-likeness (QED) is 0.772. The lowest BCUT2D eigenvalue weighted by Gasteiger charge is -2.25. The number of hydrogen-bond acceptors (Lipinski definition) is 5. The van der Waals surface area contributed by atoms with Crippen molar-refractivity contribution in [2.45, 2.75) is 0 Å². The molecule has 0 saturated carbocycles. The fraction of sp³-hybridized carbons (Fsp3) is 0.188. The van der Waals surface area contributed by atoms with E-state index in [2.05, 4.69) is 31.6 Å². The first-order valence-electron chi connectivity index (χ1n) is 7.27. The molecule has 2 aliphatic rings. The van der Waals surface area contributed by atoms with E-state index in [1.807, 2.05) is 0 Å². The van der Waals surface area contributed by atoms with Gasteiger partial charge in [-0.05, 0) is 28.1 Å². The fourth-order valence-corrected chi connectivity index (χ4v) is 3.00. The summed E-state index contributed by atoms with van der Waals surface area (Å²) in [5.41, 5.74) is 0.916. The van der Waals surface area contributed by atoms with Gasteiger partial charge < -0.3 is 20.1 Å². The Morgan fingerprint density at radius 1 is 1.17 bits per heavy atom. The summed E-state index contributed by atoms with van der Waals surface area (Å²) in [7, 11) is 0. The van der Waals surface area contributed by atoms with Crippen LogP contribution in [0.5, 0.6) is 11.5 Å². The Hall–Kier alpha value is -2.35.